The molecular weight excluding hydrogens is 270 g/mol. The molecule has 2 nitrogen and oxygen atoms in total. The number of hydrogen-bond acceptors (Lipinski definition) is 2. The van der Waals surface area contributed by atoms with Crippen LogP contribution in [0.2, 0.25) is 0 Å². The molecule has 0 aromatic heterocycles. The van der Waals surface area contributed by atoms with Gasteiger partial charge in [-0.25, -0.2) is 0 Å². The lowest BCUT2D eigenvalue weighted by Crippen LogP contribution is -2.38. The molecule has 2 aromatic carbocycles. The molecule has 0 saturated carbocycles. The number of carbonyl (C=O) groups excluding carboxylic acids is 1. The fourth-order valence-corrected chi connectivity index (χ4v) is 4.08. The van der Waals surface area contributed by atoms with Crippen molar-refractivity contribution in [3.63, 3.8) is 0 Å². The number of carbonyl (C=O) groups is 1. The van der Waals surface area contributed by atoms with Crippen LogP contribution in [0.25, 0.3) is 0 Å². The highest BCUT2D eigenvalue weighted by Crippen LogP contribution is 2.37. The van der Waals surface area contributed by atoms with Crippen LogP contribution in [-0.2, 0) is 12.8 Å². The van der Waals surface area contributed by atoms with Gasteiger partial charge >= 0.3 is 0 Å². The molecule has 0 unspecified atom stereocenters. The zero-order chi connectivity index (χ0) is 15.1. The quantitative estimate of drug-likeness (QED) is 0.838. The summed E-state index contributed by atoms with van der Waals surface area (Å²) in [7, 11) is 2.19. The number of fused-ring (bicyclic) bond motifs is 2. The number of rotatable bonds is 2. The summed E-state index contributed by atoms with van der Waals surface area (Å²) in [6, 6.07) is 17.7. The van der Waals surface area contributed by atoms with Crippen molar-refractivity contribution in [1.82, 2.24) is 4.90 Å². The molecule has 22 heavy (non-hydrogen) atoms. The normalized spacial score (nSPS) is 23.5. The summed E-state index contributed by atoms with van der Waals surface area (Å²) in [5.74, 6) is 0.295. The highest BCUT2D eigenvalue weighted by molar-refractivity contribution is 6.01. The van der Waals surface area contributed by atoms with Gasteiger partial charge in [-0.2, -0.15) is 0 Å². The molecule has 0 saturated heterocycles. The summed E-state index contributed by atoms with van der Waals surface area (Å²) in [5.41, 5.74) is 5.11. The second-order valence-electron chi connectivity index (χ2n) is 6.56. The number of likely N-dealkylation sites (N-methyl/N-ethyl adjacent to an activating group) is 1. The summed E-state index contributed by atoms with van der Waals surface area (Å²) in [4.78, 5) is 14.7. The number of Topliss-reactive ketones (excluding diaryl/α,β-unsaturated/α-hetero) is 1. The highest BCUT2D eigenvalue weighted by Gasteiger charge is 2.35. The average Bonchev–Trinajstić information content (AvgIpc) is 2.91. The summed E-state index contributed by atoms with van der Waals surface area (Å²) < 4.78 is 0. The number of hydrogen-bond donors (Lipinski definition) is 0. The first kappa shape index (κ1) is 13.7. The third-order valence-corrected chi connectivity index (χ3v) is 5.39. The van der Waals surface area contributed by atoms with Gasteiger partial charge in [0.25, 0.3) is 0 Å². The Balaban J connectivity index is 1.59. The molecule has 0 aliphatic heterocycles. The number of benzene rings is 2. The van der Waals surface area contributed by atoms with Crippen LogP contribution in [-0.4, -0.2) is 23.8 Å². The van der Waals surface area contributed by atoms with Crippen LogP contribution in [0.1, 0.15) is 45.9 Å². The second-order valence-corrected chi connectivity index (χ2v) is 6.56. The third-order valence-electron chi connectivity index (χ3n) is 5.39. The van der Waals surface area contributed by atoms with E-state index in [4.69, 9.17) is 0 Å². The van der Waals surface area contributed by atoms with Crippen molar-refractivity contribution in [2.45, 2.75) is 37.8 Å². The lowest BCUT2D eigenvalue weighted by atomic mass is 9.87. The molecule has 0 spiro atoms. The molecule has 0 N–H and O–H groups in total. The molecular formula is C20H21NO. The summed E-state index contributed by atoms with van der Waals surface area (Å²) in [6.45, 7) is 0. The molecule has 2 heteroatoms. The van der Waals surface area contributed by atoms with Crippen LogP contribution in [0.3, 0.4) is 0 Å². The zero-order valence-corrected chi connectivity index (χ0v) is 13.0. The largest absolute Gasteiger partial charge is 0.296 e. The van der Waals surface area contributed by atoms with Crippen molar-refractivity contribution in [3.8, 4) is 0 Å². The van der Waals surface area contributed by atoms with E-state index in [-0.39, 0.29) is 6.04 Å². The Morgan fingerprint density at radius 3 is 2.55 bits per heavy atom. The lowest BCUT2D eigenvalue weighted by molar-refractivity contribution is 0.0935. The van der Waals surface area contributed by atoms with E-state index in [1.165, 1.54) is 23.1 Å². The fraction of sp³-hybridized carbons (Fsp3) is 0.350. The minimum Gasteiger partial charge on any atom is -0.296 e. The van der Waals surface area contributed by atoms with E-state index in [9.17, 15) is 4.79 Å². The predicted molar refractivity (Wildman–Crippen MR) is 88.1 cm³/mol. The van der Waals surface area contributed by atoms with Crippen molar-refractivity contribution in [2.24, 2.45) is 0 Å². The SMILES string of the molecule is CN([C@H]1CCc2ccccc2C1)[C@@H]1CC(=O)c2ccccc21. The Morgan fingerprint density at radius 2 is 1.68 bits per heavy atom. The first-order valence-electron chi connectivity index (χ1n) is 8.15. The minimum absolute atomic E-state index is 0.249. The molecule has 0 radical (unpaired) electrons. The summed E-state index contributed by atoms with van der Waals surface area (Å²) in [5, 5.41) is 0. The molecule has 0 bridgehead atoms. The van der Waals surface area contributed by atoms with Gasteiger partial charge < -0.3 is 0 Å². The smallest absolute Gasteiger partial charge is 0.165 e. The molecule has 0 heterocycles. The van der Waals surface area contributed by atoms with Crippen LogP contribution in [0.5, 0.6) is 0 Å². The monoisotopic (exact) mass is 291 g/mol. The Bertz CT molecular complexity index is 721. The Morgan fingerprint density at radius 1 is 0.955 bits per heavy atom. The molecule has 2 aliphatic carbocycles. The minimum atomic E-state index is 0.249. The molecule has 4 rings (SSSR count). The fourth-order valence-electron chi connectivity index (χ4n) is 4.08. The van der Waals surface area contributed by atoms with Crippen LogP contribution >= 0.6 is 0 Å². The summed E-state index contributed by atoms with van der Waals surface area (Å²) in [6.07, 6.45) is 4.06. The second kappa shape index (κ2) is 5.36. The van der Waals surface area contributed by atoms with E-state index in [2.05, 4.69) is 48.3 Å². The van der Waals surface area contributed by atoms with Crippen molar-refractivity contribution in [2.75, 3.05) is 7.05 Å². The molecule has 2 aromatic rings. The average molecular weight is 291 g/mol. The molecule has 112 valence electrons. The maximum absolute atomic E-state index is 12.2. The van der Waals surface area contributed by atoms with E-state index in [0.29, 0.717) is 18.2 Å². The highest BCUT2D eigenvalue weighted by atomic mass is 16.1. The van der Waals surface area contributed by atoms with Gasteiger partial charge in [0.05, 0.1) is 0 Å². The Labute approximate surface area is 131 Å². The molecule has 0 fully saturated rings. The van der Waals surface area contributed by atoms with Gasteiger partial charge in [-0.3, -0.25) is 9.69 Å². The van der Waals surface area contributed by atoms with Gasteiger partial charge in [0.15, 0.2) is 5.78 Å². The third kappa shape index (κ3) is 2.19. The Hall–Kier alpha value is -1.93. The first-order chi connectivity index (χ1) is 10.7. The van der Waals surface area contributed by atoms with E-state index in [0.717, 1.165) is 18.4 Å². The van der Waals surface area contributed by atoms with E-state index < -0.39 is 0 Å². The van der Waals surface area contributed by atoms with Crippen molar-refractivity contribution >= 4 is 5.78 Å². The van der Waals surface area contributed by atoms with Gasteiger partial charge in [0, 0.05) is 24.1 Å². The van der Waals surface area contributed by atoms with Crippen molar-refractivity contribution < 1.29 is 4.79 Å². The van der Waals surface area contributed by atoms with Gasteiger partial charge in [0.1, 0.15) is 0 Å². The standard InChI is InChI=1S/C20H21NO/c1-21(16-11-10-14-6-2-3-7-15(14)12-16)19-13-20(22)18-9-5-4-8-17(18)19/h2-9,16,19H,10-13H2,1H3/t16-,19+/m0/s1. The molecule has 2 atom stereocenters. The maximum Gasteiger partial charge on any atom is 0.165 e. The van der Waals surface area contributed by atoms with E-state index in [1.807, 2.05) is 12.1 Å². The number of ketones is 1. The number of nitrogens with zero attached hydrogens (tertiary/aromatic N) is 1. The molecule has 0 amide bonds. The maximum atomic E-state index is 12.2. The van der Waals surface area contributed by atoms with Crippen LogP contribution in [0, 0.1) is 0 Å². The molecule has 2 aliphatic rings. The Kier molecular flexibility index (Phi) is 3.34. The first-order valence-corrected chi connectivity index (χ1v) is 8.15. The van der Waals surface area contributed by atoms with Gasteiger partial charge in [-0.05, 0) is 43.0 Å². The van der Waals surface area contributed by atoms with E-state index in [1.54, 1.807) is 0 Å². The topological polar surface area (TPSA) is 20.3 Å². The van der Waals surface area contributed by atoms with Crippen molar-refractivity contribution in [3.05, 3.63) is 70.8 Å². The summed E-state index contributed by atoms with van der Waals surface area (Å²) >= 11 is 0. The van der Waals surface area contributed by atoms with Crippen LogP contribution < -0.4 is 0 Å². The predicted octanol–water partition coefficient (Wildman–Crippen LogP) is 3.80. The van der Waals surface area contributed by atoms with Crippen molar-refractivity contribution in [1.29, 1.82) is 0 Å². The zero-order valence-electron chi connectivity index (χ0n) is 13.0. The lowest BCUT2D eigenvalue weighted by Gasteiger charge is -2.36. The van der Waals surface area contributed by atoms with E-state index >= 15 is 0 Å². The van der Waals surface area contributed by atoms with Crippen LogP contribution in [0.15, 0.2) is 48.5 Å². The van der Waals surface area contributed by atoms with Gasteiger partial charge in [0.2, 0.25) is 0 Å². The van der Waals surface area contributed by atoms with Gasteiger partial charge in [-0.15, -0.1) is 0 Å². The van der Waals surface area contributed by atoms with Crippen LogP contribution in [0.4, 0.5) is 0 Å². The van der Waals surface area contributed by atoms with Gasteiger partial charge in [-0.1, -0.05) is 48.5 Å². The number of aryl methyl sites for hydroxylation is 1.